The molecule has 2 unspecified atom stereocenters. The second-order valence-corrected chi connectivity index (χ2v) is 5.21. The number of aromatic nitrogens is 2. The van der Waals surface area contributed by atoms with Crippen LogP contribution in [0.1, 0.15) is 12.0 Å². The predicted octanol–water partition coefficient (Wildman–Crippen LogP) is -0.928. The Morgan fingerprint density at radius 2 is 2.35 bits per heavy atom. The summed E-state index contributed by atoms with van der Waals surface area (Å²) in [6.45, 7) is 1.24. The van der Waals surface area contributed by atoms with Crippen molar-refractivity contribution in [1.29, 1.82) is 0 Å². The van der Waals surface area contributed by atoms with Crippen LogP contribution in [-0.2, 0) is 0 Å². The lowest BCUT2D eigenvalue weighted by Crippen LogP contribution is -2.39. The summed E-state index contributed by atoms with van der Waals surface area (Å²) in [7, 11) is 3.95. The van der Waals surface area contributed by atoms with Crippen molar-refractivity contribution in [2.45, 2.75) is 18.6 Å². The summed E-state index contributed by atoms with van der Waals surface area (Å²) in [5, 5.41) is 29.8. The first-order chi connectivity index (χ1) is 9.52. The van der Waals surface area contributed by atoms with Crippen molar-refractivity contribution >= 4 is 11.7 Å². The van der Waals surface area contributed by atoms with E-state index in [-0.39, 0.29) is 11.9 Å². The van der Waals surface area contributed by atoms with Gasteiger partial charge in [0.25, 0.3) is 0 Å². The zero-order valence-corrected chi connectivity index (χ0v) is 11.6. The molecule has 4 N–H and O–H groups in total. The van der Waals surface area contributed by atoms with Crippen LogP contribution in [0.15, 0.2) is 17.4 Å². The summed E-state index contributed by atoms with van der Waals surface area (Å²) < 4.78 is 0. The summed E-state index contributed by atoms with van der Waals surface area (Å²) in [6, 6.07) is 1.76. The van der Waals surface area contributed by atoms with E-state index < -0.39 is 6.10 Å². The second-order valence-electron chi connectivity index (χ2n) is 5.21. The minimum Gasteiger partial charge on any atom is -0.409 e. The third kappa shape index (κ3) is 2.97. The average molecular weight is 280 g/mol. The molecule has 8 nitrogen and oxygen atoms in total. The SMILES string of the molecule is CN(C)CC1CC(O)CN1c1nnccc1/C(N)=N/O. The number of rotatable bonds is 4. The summed E-state index contributed by atoms with van der Waals surface area (Å²) in [5.41, 5.74) is 6.19. The van der Waals surface area contributed by atoms with Crippen LogP contribution in [0.25, 0.3) is 0 Å². The van der Waals surface area contributed by atoms with Gasteiger partial charge in [-0.15, -0.1) is 5.10 Å². The molecule has 0 saturated carbocycles. The lowest BCUT2D eigenvalue weighted by atomic mass is 10.2. The van der Waals surface area contributed by atoms with Crippen LogP contribution in [0.2, 0.25) is 0 Å². The second kappa shape index (κ2) is 6.02. The van der Waals surface area contributed by atoms with Crippen LogP contribution in [0.5, 0.6) is 0 Å². The average Bonchev–Trinajstić information content (AvgIpc) is 2.77. The minimum absolute atomic E-state index is 0.0140. The number of β-amino-alcohol motifs (C(OH)–C–C–N with tert-alkyl or cyclic N) is 1. The van der Waals surface area contributed by atoms with Gasteiger partial charge in [0.1, 0.15) is 0 Å². The lowest BCUT2D eigenvalue weighted by molar-refractivity contribution is 0.191. The van der Waals surface area contributed by atoms with Gasteiger partial charge in [0, 0.05) is 19.1 Å². The Labute approximate surface area is 117 Å². The van der Waals surface area contributed by atoms with Crippen molar-refractivity contribution in [3.05, 3.63) is 17.8 Å². The molecule has 0 aliphatic carbocycles. The van der Waals surface area contributed by atoms with Crippen LogP contribution in [0.3, 0.4) is 0 Å². The van der Waals surface area contributed by atoms with Crippen LogP contribution in [0, 0.1) is 0 Å². The summed E-state index contributed by atoms with van der Waals surface area (Å²) >= 11 is 0. The monoisotopic (exact) mass is 280 g/mol. The highest BCUT2D eigenvalue weighted by atomic mass is 16.4. The number of hydrogen-bond acceptors (Lipinski definition) is 7. The molecule has 1 aliphatic heterocycles. The molecule has 0 amide bonds. The maximum absolute atomic E-state index is 9.91. The van der Waals surface area contributed by atoms with Gasteiger partial charge in [-0.3, -0.25) is 0 Å². The fourth-order valence-corrected chi connectivity index (χ4v) is 2.54. The molecule has 0 radical (unpaired) electrons. The third-order valence-electron chi connectivity index (χ3n) is 3.33. The van der Waals surface area contributed by atoms with Crippen LogP contribution < -0.4 is 10.6 Å². The Hall–Kier alpha value is -1.93. The first kappa shape index (κ1) is 14.5. The van der Waals surface area contributed by atoms with Gasteiger partial charge >= 0.3 is 0 Å². The zero-order chi connectivity index (χ0) is 14.7. The lowest BCUT2D eigenvalue weighted by Gasteiger charge is -2.28. The molecule has 0 aromatic carbocycles. The Morgan fingerprint density at radius 1 is 1.60 bits per heavy atom. The number of hydrogen-bond donors (Lipinski definition) is 3. The number of aliphatic hydroxyl groups excluding tert-OH is 1. The molecule has 8 heteroatoms. The predicted molar refractivity (Wildman–Crippen MR) is 74.9 cm³/mol. The molecule has 2 atom stereocenters. The van der Waals surface area contributed by atoms with Crippen LogP contribution in [0.4, 0.5) is 5.82 Å². The van der Waals surface area contributed by atoms with E-state index in [1.807, 2.05) is 19.0 Å². The van der Waals surface area contributed by atoms with Gasteiger partial charge in [0.05, 0.1) is 17.9 Å². The molecule has 0 spiro atoms. The normalized spacial score (nSPS) is 23.6. The molecule has 1 saturated heterocycles. The summed E-state index contributed by atoms with van der Waals surface area (Å²) in [6.07, 6.45) is 1.73. The molecule has 0 bridgehead atoms. The van der Waals surface area contributed by atoms with Gasteiger partial charge in [-0.25, -0.2) is 0 Å². The number of amidine groups is 1. The number of oxime groups is 1. The fraction of sp³-hybridized carbons (Fsp3) is 0.583. The molecular formula is C12H20N6O2. The van der Waals surface area contributed by atoms with Gasteiger partial charge in [0.15, 0.2) is 11.7 Å². The van der Waals surface area contributed by atoms with E-state index in [4.69, 9.17) is 10.9 Å². The Kier molecular flexibility index (Phi) is 4.35. The smallest absolute Gasteiger partial charge is 0.173 e. The highest BCUT2D eigenvalue weighted by Gasteiger charge is 2.34. The number of likely N-dealkylation sites (N-methyl/N-ethyl adjacent to an activating group) is 1. The molecule has 1 fully saturated rings. The molecule has 2 heterocycles. The number of nitrogens with two attached hydrogens (primary N) is 1. The van der Waals surface area contributed by atoms with E-state index in [1.54, 1.807) is 6.07 Å². The molecule has 1 aromatic heterocycles. The Morgan fingerprint density at radius 3 is 3.00 bits per heavy atom. The van der Waals surface area contributed by atoms with Crippen molar-refractivity contribution < 1.29 is 10.3 Å². The summed E-state index contributed by atoms with van der Waals surface area (Å²) in [4.78, 5) is 4.01. The van der Waals surface area contributed by atoms with Crippen molar-refractivity contribution in [3.63, 3.8) is 0 Å². The Balaban J connectivity index is 2.34. The van der Waals surface area contributed by atoms with E-state index >= 15 is 0 Å². The van der Waals surface area contributed by atoms with Crippen LogP contribution in [-0.4, -0.2) is 70.6 Å². The zero-order valence-electron chi connectivity index (χ0n) is 11.6. The molecular weight excluding hydrogens is 260 g/mol. The van der Waals surface area contributed by atoms with Crippen molar-refractivity contribution in [2.24, 2.45) is 10.9 Å². The van der Waals surface area contributed by atoms with E-state index in [1.165, 1.54) is 6.20 Å². The number of nitrogens with zero attached hydrogens (tertiary/aromatic N) is 5. The van der Waals surface area contributed by atoms with Crippen LogP contribution >= 0.6 is 0 Å². The largest absolute Gasteiger partial charge is 0.409 e. The third-order valence-corrected chi connectivity index (χ3v) is 3.33. The van der Waals surface area contributed by atoms with Gasteiger partial charge in [-0.05, 0) is 26.6 Å². The molecule has 1 aromatic rings. The topological polar surface area (TPSA) is 111 Å². The minimum atomic E-state index is -0.415. The first-order valence-electron chi connectivity index (χ1n) is 6.42. The number of anilines is 1. The maximum atomic E-state index is 9.91. The maximum Gasteiger partial charge on any atom is 0.173 e. The van der Waals surface area contributed by atoms with E-state index in [2.05, 4.69) is 20.3 Å². The van der Waals surface area contributed by atoms with Crippen molar-refractivity contribution in [1.82, 2.24) is 15.1 Å². The first-order valence-corrected chi connectivity index (χ1v) is 6.42. The standard InChI is InChI=1S/C12H20N6O2/c1-17(2)6-8-5-9(19)7-18(8)12-10(11(13)16-20)3-4-14-15-12/h3-4,8-9,19-20H,5-7H2,1-2H3,(H2,13,16). The Bertz CT molecular complexity index is 493. The van der Waals surface area contributed by atoms with Crippen molar-refractivity contribution in [3.8, 4) is 0 Å². The van der Waals surface area contributed by atoms with Gasteiger partial charge in [-0.1, -0.05) is 5.16 Å². The molecule has 20 heavy (non-hydrogen) atoms. The van der Waals surface area contributed by atoms with E-state index in [0.717, 1.165) is 6.54 Å². The summed E-state index contributed by atoms with van der Waals surface area (Å²) in [5.74, 6) is 0.520. The van der Waals surface area contributed by atoms with Gasteiger partial charge < -0.3 is 25.8 Å². The van der Waals surface area contributed by atoms with Gasteiger partial charge in [-0.2, -0.15) is 5.10 Å². The van der Waals surface area contributed by atoms with E-state index in [0.29, 0.717) is 24.3 Å². The highest BCUT2D eigenvalue weighted by molar-refractivity contribution is 6.01. The van der Waals surface area contributed by atoms with Crippen molar-refractivity contribution in [2.75, 3.05) is 32.1 Å². The van der Waals surface area contributed by atoms with Gasteiger partial charge in [0.2, 0.25) is 0 Å². The fourth-order valence-electron chi connectivity index (χ4n) is 2.54. The van der Waals surface area contributed by atoms with E-state index in [9.17, 15) is 5.11 Å². The quantitative estimate of drug-likeness (QED) is 0.283. The molecule has 110 valence electrons. The number of aliphatic hydroxyl groups is 1. The molecule has 1 aliphatic rings. The highest BCUT2D eigenvalue weighted by Crippen LogP contribution is 2.26. The molecule has 2 rings (SSSR count).